The summed E-state index contributed by atoms with van der Waals surface area (Å²) in [5.74, 6) is 0. The normalized spacial score (nSPS) is 12.8. The molecule has 0 fully saturated rings. The van der Waals surface area contributed by atoms with Crippen LogP contribution in [0.2, 0.25) is 0 Å². The van der Waals surface area contributed by atoms with Crippen LogP contribution in [0, 0.1) is 0 Å². The Morgan fingerprint density at radius 3 is 1.48 bits per heavy atom. The van der Waals surface area contributed by atoms with Crippen molar-refractivity contribution in [3.8, 4) is 0 Å². The number of hydrogen-bond donors (Lipinski definition) is 0. The lowest BCUT2D eigenvalue weighted by Gasteiger charge is -2.10. The molecule has 0 N–H and O–H groups in total. The second-order valence-corrected chi connectivity index (χ2v) is 12.0. The molecular weight excluding hydrogens is 807 g/mol. The minimum absolute atomic E-state index is 0.639. The van der Waals surface area contributed by atoms with Crippen molar-refractivity contribution in [3.63, 3.8) is 0 Å². The second kappa shape index (κ2) is 38.0. The molecular formula is C38H59N25. The lowest BCUT2D eigenvalue weighted by Crippen LogP contribution is -2.17. The van der Waals surface area contributed by atoms with Crippen LogP contribution in [0.1, 0.15) is 6.42 Å². The number of imidazole rings is 1. The van der Waals surface area contributed by atoms with Crippen LogP contribution in [0.4, 0.5) is 0 Å². The average molecular weight is 866 g/mol. The van der Waals surface area contributed by atoms with E-state index in [1.807, 2.05) is 75.7 Å². The Labute approximate surface area is 367 Å². The van der Waals surface area contributed by atoms with E-state index in [0.717, 1.165) is 26.2 Å². The molecule has 0 amide bonds. The number of allylic oxidation sites excluding steroid dienone is 2. The van der Waals surface area contributed by atoms with Gasteiger partial charge in [0.05, 0.1) is 44.7 Å². The number of tetrazole rings is 1. The van der Waals surface area contributed by atoms with Crippen molar-refractivity contribution >= 4 is 37.4 Å². The topological polar surface area (TPSA) is 252 Å². The van der Waals surface area contributed by atoms with Crippen LogP contribution in [0.3, 0.4) is 0 Å². The molecule has 5 aliphatic rings. The molecule has 25 nitrogen and oxygen atoms in total. The number of aryl methyl sites for hydroxylation is 6. The van der Waals surface area contributed by atoms with Crippen LogP contribution >= 0.6 is 0 Å². The van der Waals surface area contributed by atoms with Gasteiger partial charge in [-0.3, -0.25) is 39.0 Å². The van der Waals surface area contributed by atoms with Gasteiger partial charge in [-0.1, -0.05) is 17.4 Å². The SMILES string of the molecule is C1=CCN=C1.C1=CN=CC1.C1=NC=NC1.C1=NCN=C1.CN1C=CN(C)C1.Cn1cccn1.Cn1ccnc1.Cn1ccnn1.Cn1cncn1.Cn1cnnn1.Cn1nccn1. The Morgan fingerprint density at radius 2 is 1.30 bits per heavy atom. The fraction of sp³-hybridized carbons (Fsp3) is 0.342. The van der Waals surface area contributed by atoms with Crippen LogP contribution in [-0.4, -0.2) is 172 Å². The van der Waals surface area contributed by atoms with E-state index in [9.17, 15) is 0 Å². The van der Waals surface area contributed by atoms with Gasteiger partial charge in [0.25, 0.3) is 0 Å². The molecule has 0 saturated carbocycles. The molecule has 0 unspecified atom stereocenters. The van der Waals surface area contributed by atoms with Crippen LogP contribution < -0.4 is 0 Å². The van der Waals surface area contributed by atoms with E-state index in [1.165, 1.54) is 22.1 Å². The lowest BCUT2D eigenvalue weighted by atomic mass is 10.5. The van der Waals surface area contributed by atoms with Gasteiger partial charge in [0, 0.05) is 143 Å². The molecule has 0 aromatic carbocycles. The molecule has 63 heavy (non-hydrogen) atoms. The Hall–Kier alpha value is -8.25. The molecule has 25 heteroatoms. The summed E-state index contributed by atoms with van der Waals surface area (Å²) in [4.78, 5) is 35.7. The first-order valence-electron chi connectivity index (χ1n) is 19.0. The van der Waals surface area contributed by atoms with Crippen LogP contribution in [0.25, 0.3) is 0 Å². The molecule has 0 aliphatic carbocycles. The van der Waals surface area contributed by atoms with Crippen molar-refractivity contribution in [1.82, 2.24) is 94.1 Å². The van der Waals surface area contributed by atoms with Gasteiger partial charge in [-0.05, 0) is 22.6 Å². The minimum atomic E-state index is 0.639. The summed E-state index contributed by atoms with van der Waals surface area (Å²) >= 11 is 0. The highest BCUT2D eigenvalue weighted by Gasteiger charge is 1.99. The van der Waals surface area contributed by atoms with Gasteiger partial charge < -0.3 is 14.4 Å². The van der Waals surface area contributed by atoms with Crippen LogP contribution in [-0.2, 0) is 42.3 Å². The smallest absolute Gasteiger partial charge is 0.137 e. The predicted molar refractivity (Wildman–Crippen MR) is 246 cm³/mol. The standard InChI is InChI=1S/C5H10N2.2C4H6N2.2C4H5N.3C3H5N3.2C3H4N2.C2H4N4/c1-6-3-4-7(2)5-6;1-6-3-2-5-4-6;1-6-4-2-3-5-6;2*1-2-4-5-3-1;1-6-3-4-2-5-6;1-6-3-2-4-5-6;1-6-4-2-3-5-6;2*1-2-5-3-4-1;1-6-2-3-4-5-6/h3-4H,5H2,1-2H3;2*2-4H,1H3;1,3-4H,2H2;1-3H,4H2;3*2-3H,1H3;1,3H,2H2;1-2H,3H2;2H,1H3. The molecule has 6 aromatic rings. The maximum atomic E-state index is 3.85. The van der Waals surface area contributed by atoms with Crippen molar-refractivity contribution in [2.45, 2.75) is 6.42 Å². The van der Waals surface area contributed by atoms with E-state index in [-0.39, 0.29) is 0 Å². The summed E-state index contributed by atoms with van der Waals surface area (Å²) < 4.78 is 8.44. The molecule has 0 spiro atoms. The summed E-state index contributed by atoms with van der Waals surface area (Å²) in [7, 11) is 15.1. The van der Waals surface area contributed by atoms with Gasteiger partial charge in [-0.25, -0.2) is 19.6 Å². The Morgan fingerprint density at radius 1 is 0.524 bits per heavy atom. The molecule has 336 valence electrons. The van der Waals surface area contributed by atoms with E-state index >= 15 is 0 Å². The molecule has 11 heterocycles. The molecule has 0 radical (unpaired) electrons. The summed E-state index contributed by atoms with van der Waals surface area (Å²) in [5.41, 5.74) is 0. The zero-order chi connectivity index (χ0) is 45.9. The monoisotopic (exact) mass is 866 g/mol. The van der Waals surface area contributed by atoms with E-state index in [4.69, 9.17) is 0 Å². The average Bonchev–Trinajstić information content (AvgIpc) is 4.12. The van der Waals surface area contributed by atoms with Crippen molar-refractivity contribution in [3.05, 3.63) is 118 Å². The maximum absolute atomic E-state index is 3.85. The highest BCUT2D eigenvalue weighted by Crippen LogP contribution is 1.97. The van der Waals surface area contributed by atoms with Crippen molar-refractivity contribution in [2.75, 3.05) is 40.5 Å². The summed E-state index contributed by atoms with van der Waals surface area (Å²) in [5, 5.41) is 32.3. The van der Waals surface area contributed by atoms with Gasteiger partial charge in [0.1, 0.15) is 32.0 Å². The van der Waals surface area contributed by atoms with Crippen molar-refractivity contribution in [1.29, 1.82) is 0 Å². The first-order chi connectivity index (χ1) is 30.7. The third-order valence-corrected chi connectivity index (χ3v) is 6.32. The Kier molecular flexibility index (Phi) is 31.8. The number of nitrogens with zero attached hydrogens (tertiary/aromatic N) is 25. The first kappa shape index (κ1) is 52.8. The van der Waals surface area contributed by atoms with Gasteiger partial charge in [0.15, 0.2) is 0 Å². The minimum Gasteiger partial charge on any atom is -0.362 e. The van der Waals surface area contributed by atoms with Crippen LogP contribution in [0.5, 0.6) is 0 Å². The summed E-state index contributed by atoms with van der Waals surface area (Å²) in [6.45, 7) is 3.33. The van der Waals surface area contributed by atoms with E-state index in [0.29, 0.717) is 6.67 Å². The predicted octanol–water partition coefficient (Wildman–Crippen LogP) is 1.59. The molecule has 6 aromatic heterocycles. The zero-order valence-corrected chi connectivity index (χ0v) is 37.1. The highest BCUT2D eigenvalue weighted by molar-refractivity contribution is 6.17. The number of aliphatic imine (C=N–C) groups is 6. The molecule has 11 rings (SSSR count). The first-order valence-corrected chi connectivity index (χ1v) is 19.0. The maximum Gasteiger partial charge on any atom is 0.137 e. The van der Waals surface area contributed by atoms with Crippen LogP contribution in [0.15, 0.2) is 148 Å². The Bertz CT molecular complexity index is 1700. The largest absolute Gasteiger partial charge is 0.362 e. The van der Waals surface area contributed by atoms with Crippen molar-refractivity contribution < 1.29 is 0 Å². The van der Waals surface area contributed by atoms with Crippen molar-refractivity contribution in [2.24, 2.45) is 72.2 Å². The summed E-state index contributed by atoms with van der Waals surface area (Å²) in [6.07, 6.45) is 43.7. The third-order valence-electron chi connectivity index (χ3n) is 6.32. The fourth-order valence-electron chi connectivity index (χ4n) is 3.45. The van der Waals surface area contributed by atoms with E-state index < -0.39 is 0 Å². The fourth-order valence-corrected chi connectivity index (χ4v) is 3.45. The highest BCUT2D eigenvalue weighted by atomic mass is 15.5. The Balaban J connectivity index is 0.000000347. The lowest BCUT2D eigenvalue weighted by molar-refractivity contribution is 0.340. The molecule has 0 bridgehead atoms. The third kappa shape index (κ3) is 36.6. The number of hydrogen-bond acceptors (Lipinski definition) is 19. The van der Waals surface area contributed by atoms with Gasteiger partial charge in [-0.15, -0.1) is 10.2 Å². The summed E-state index contributed by atoms with van der Waals surface area (Å²) in [6, 6.07) is 1.89. The number of aromatic nitrogens is 17. The van der Waals surface area contributed by atoms with Gasteiger partial charge in [-0.2, -0.15) is 25.2 Å². The second-order valence-electron chi connectivity index (χ2n) is 12.0. The van der Waals surface area contributed by atoms with E-state index in [1.54, 1.807) is 115 Å². The van der Waals surface area contributed by atoms with Gasteiger partial charge >= 0.3 is 0 Å². The molecule has 0 saturated heterocycles. The molecule has 0 atom stereocenters. The number of rotatable bonds is 0. The van der Waals surface area contributed by atoms with E-state index in [2.05, 4.69) is 122 Å². The molecule has 5 aliphatic heterocycles. The quantitative estimate of drug-likeness (QED) is 0.211. The zero-order valence-electron chi connectivity index (χ0n) is 37.1. The van der Waals surface area contributed by atoms with Gasteiger partial charge in [0.2, 0.25) is 0 Å².